The van der Waals surface area contributed by atoms with E-state index in [0.717, 1.165) is 6.42 Å². The van der Waals surface area contributed by atoms with Gasteiger partial charge < -0.3 is 10.1 Å². The summed E-state index contributed by atoms with van der Waals surface area (Å²) in [6.45, 7) is 2.60. The fourth-order valence-electron chi connectivity index (χ4n) is 1.39. The molecule has 1 N–H and O–H groups in total. The van der Waals surface area contributed by atoms with E-state index in [1.807, 2.05) is 6.92 Å². The van der Waals surface area contributed by atoms with E-state index in [9.17, 15) is 10.1 Å². The predicted octanol–water partition coefficient (Wildman–Crippen LogP) is 2.43. The van der Waals surface area contributed by atoms with E-state index in [2.05, 4.69) is 5.32 Å². The number of nitrogens with zero attached hydrogens (tertiary/aromatic N) is 1. The highest BCUT2D eigenvalue weighted by atomic mass is 16.6. The molecule has 5 heteroatoms. The number of rotatable bonds is 6. The molecule has 0 aliphatic carbocycles. The average molecular weight is 224 g/mol. The first-order valence-corrected chi connectivity index (χ1v) is 5.14. The molecule has 1 rings (SSSR count). The predicted molar refractivity (Wildman–Crippen MR) is 62.7 cm³/mol. The van der Waals surface area contributed by atoms with Crippen molar-refractivity contribution in [3.05, 3.63) is 34.4 Å². The zero-order valence-electron chi connectivity index (χ0n) is 9.47. The van der Waals surface area contributed by atoms with E-state index in [1.165, 1.54) is 6.07 Å². The molecule has 0 aliphatic rings. The smallest absolute Gasteiger partial charge is 0.292 e. The minimum Gasteiger partial charge on any atom is -0.385 e. The van der Waals surface area contributed by atoms with Crippen molar-refractivity contribution < 1.29 is 9.66 Å². The summed E-state index contributed by atoms with van der Waals surface area (Å²) in [6.07, 6.45) is 0.808. The minimum atomic E-state index is -0.384. The van der Waals surface area contributed by atoms with Crippen LogP contribution in [0.2, 0.25) is 0 Å². The maximum Gasteiger partial charge on any atom is 0.292 e. The van der Waals surface area contributed by atoms with E-state index < -0.39 is 0 Å². The van der Waals surface area contributed by atoms with Crippen LogP contribution in [-0.2, 0) is 4.74 Å². The lowest BCUT2D eigenvalue weighted by atomic mass is 10.2. The highest BCUT2D eigenvalue weighted by molar-refractivity contribution is 5.61. The molecular weight excluding hydrogens is 208 g/mol. The third kappa shape index (κ3) is 3.51. The van der Waals surface area contributed by atoms with Crippen LogP contribution in [0.25, 0.3) is 0 Å². The highest BCUT2D eigenvalue weighted by Crippen LogP contribution is 2.24. The van der Waals surface area contributed by atoms with Crippen molar-refractivity contribution in [2.75, 3.05) is 19.0 Å². The Bertz CT molecular complexity index is 355. The third-order valence-corrected chi connectivity index (χ3v) is 2.26. The number of ether oxygens (including phenoxy) is 1. The molecule has 0 bridgehead atoms. The van der Waals surface area contributed by atoms with Crippen molar-refractivity contribution in [3.8, 4) is 0 Å². The van der Waals surface area contributed by atoms with Gasteiger partial charge in [-0.3, -0.25) is 10.1 Å². The summed E-state index contributed by atoms with van der Waals surface area (Å²) in [6, 6.07) is 6.77. The number of methoxy groups -OCH3 is 1. The Balaban J connectivity index is 2.69. The Morgan fingerprint density at radius 2 is 2.19 bits per heavy atom. The molecule has 1 aromatic rings. The molecule has 0 radical (unpaired) electrons. The average Bonchev–Trinajstić information content (AvgIpc) is 2.27. The van der Waals surface area contributed by atoms with Crippen molar-refractivity contribution in [3.63, 3.8) is 0 Å². The van der Waals surface area contributed by atoms with Gasteiger partial charge in [0, 0.05) is 25.8 Å². The number of nitro benzene ring substituents is 1. The van der Waals surface area contributed by atoms with Crippen LogP contribution in [0.3, 0.4) is 0 Å². The van der Waals surface area contributed by atoms with Crippen molar-refractivity contribution in [2.24, 2.45) is 0 Å². The summed E-state index contributed by atoms with van der Waals surface area (Å²) in [5.74, 6) is 0. The van der Waals surface area contributed by atoms with Crippen LogP contribution in [-0.4, -0.2) is 24.7 Å². The molecular formula is C11H16N2O3. The Labute approximate surface area is 94.6 Å². The molecule has 0 saturated carbocycles. The molecule has 0 unspecified atom stereocenters. The van der Waals surface area contributed by atoms with Crippen molar-refractivity contribution in [1.82, 2.24) is 0 Å². The van der Waals surface area contributed by atoms with Crippen LogP contribution in [0.1, 0.15) is 13.3 Å². The van der Waals surface area contributed by atoms with Gasteiger partial charge in [-0.15, -0.1) is 0 Å². The zero-order chi connectivity index (χ0) is 12.0. The van der Waals surface area contributed by atoms with Gasteiger partial charge in [0.25, 0.3) is 5.69 Å². The number of hydrogen-bond acceptors (Lipinski definition) is 4. The highest BCUT2D eigenvalue weighted by Gasteiger charge is 2.13. The molecule has 0 fully saturated rings. The second-order valence-corrected chi connectivity index (χ2v) is 3.60. The second-order valence-electron chi connectivity index (χ2n) is 3.60. The molecule has 0 saturated heterocycles. The van der Waals surface area contributed by atoms with Gasteiger partial charge in [-0.05, 0) is 19.4 Å². The lowest BCUT2D eigenvalue weighted by Crippen LogP contribution is -2.17. The fraction of sp³-hybridized carbons (Fsp3) is 0.455. The summed E-state index contributed by atoms with van der Waals surface area (Å²) in [5, 5.41) is 13.9. The molecule has 1 aromatic carbocycles. The van der Waals surface area contributed by atoms with Crippen molar-refractivity contribution >= 4 is 11.4 Å². The Morgan fingerprint density at radius 1 is 1.50 bits per heavy atom. The fourth-order valence-corrected chi connectivity index (χ4v) is 1.39. The van der Waals surface area contributed by atoms with Crippen molar-refractivity contribution in [2.45, 2.75) is 19.4 Å². The molecule has 0 heterocycles. The van der Waals surface area contributed by atoms with Gasteiger partial charge in [-0.1, -0.05) is 12.1 Å². The maximum atomic E-state index is 10.8. The van der Waals surface area contributed by atoms with Gasteiger partial charge in [0.05, 0.1) is 4.92 Å². The minimum absolute atomic E-state index is 0.103. The first kappa shape index (κ1) is 12.4. The van der Waals surface area contributed by atoms with Crippen molar-refractivity contribution in [1.29, 1.82) is 0 Å². The second kappa shape index (κ2) is 6.07. The first-order chi connectivity index (χ1) is 7.65. The summed E-state index contributed by atoms with van der Waals surface area (Å²) >= 11 is 0. The van der Waals surface area contributed by atoms with E-state index in [-0.39, 0.29) is 16.7 Å². The SMILES string of the molecule is COCC[C@H](C)Nc1ccccc1[N+](=O)[O-]. The summed E-state index contributed by atoms with van der Waals surface area (Å²) in [4.78, 5) is 10.4. The quantitative estimate of drug-likeness (QED) is 0.595. The lowest BCUT2D eigenvalue weighted by molar-refractivity contribution is -0.384. The monoisotopic (exact) mass is 224 g/mol. The molecule has 88 valence electrons. The van der Waals surface area contributed by atoms with Gasteiger partial charge in [0.15, 0.2) is 0 Å². The molecule has 0 amide bonds. The Morgan fingerprint density at radius 3 is 2.81 bits per heavy atom. The van der Waals surface area contributed by atoms with Gasteiger partial charge in [-0.2, -0.15) is 0 Å². The number of benzene rings is 1. The maximum absolute atomic E-state index is 10.8. The van der Waals surface area contributed by atoms with Gasteiger partial charge >= 0.3 is 0 Å². The van der Waals surface area contributed by atoms with Crippen LogP contribution in [0, 0.1) is 10.1 Å². The topological polar surface area (TPSA) is 64.4 Å². The number of nitrogens with one attached hydrogen (secondary N) is 1. The van der Waals surface area contributed by atoms with Gasteiger partial charge in [-0.25, -0.2) is 0 Å². The van der Waals surface area contributed by atoms with Crippen LogP contribution in [0.5, 0.6) is 0 Å². The Hall–Kier alpha value is -1.62. The standard InChI is InChI=1S/C11H16N2O3/c1-9(7-8-16-2)12-10-5-3-4-6-11(10)13(14)15/h3-6,9,12H,7-8H2,1-2H3/t9-/m0/s1. The molecule has 0 aliphatic heterocycles. The molecule has 0 aromatic heterocycles. The van der Waals surface area contributed by atoms with E-state index >= 15 is 0 Å². The summed E-state index contributed by atoms with van der Waals surface area (Å²) < 4.78 is 4.95. The molecule has 0 spiro atoms. The zero-order valence-corrected chi connectivity index (χ0v) is 9.47. The van der Waals surface area contributed by atoms with E-state index in [1.54, 1.807) is 25.3 Å². The molecule has 5 nitrogen and oxygen atoms in total. The van der Waals surface area contributed by atoms with Crippen LogP contribution in [0.4, 0.5) is 11.4 Å². The first-order valence-electron chi connectivity index (χ1n) is 5.14. The largest absolute Gasteiger partial charge is 0.385 e. The third-order valence-electron chi connectivity index (χ3n) is 2.26. The van der Waals surface area contributed by atoms with E-state index in [4.69, 9.17) is 4.74 Å². The summed E-state index contributed by atoms with van der Waals surface area (Å²) in [7, 11) is 1.64. The van der Waals surface area contributed by atoms with Crippen LogP contribution >= 0.6 is 0 Å². The van der Waals surface area contributed by atoms with E-state index in [0.29, 0.717) is 12.3 Å². The van der Waals surface area contributed by atoms with Gasteiger partial charge in [0.1, 0.15) is 5.69 Å². The molecule has 1 atom stereocenters. The normalized spacial score (nSPS) is 12.1. The number of anilines is 1. The number of hydrogen-bond donors (Lipinski definition) is 1. The number of para-hydroxylation sites is 2. The summed E-state index contributed by atoms with van der Waals surface area (Å²) in [5.41, 5.74) is 0.655. The van der Waals surface area contributed by atoms with Crippen LogP contribution in [0.15, 0.2) is 24.3 Å². The van der Waals surface area contributed by atoms with Crippen LogP contribution < -0.4 is 5.32 Å². The van der Waals surface area contributed by atoms with Gasteiger partial charge in [0.2, 0.25) is 0 Å². The lowest BCUT2D eigenvalue weighted by Gasteiger charge is -2.14. The molecule has 16 heavy (non-hydrogen) atoms. The number of nitro groups is 1. The Kier molecular flexibility index (Phi) is 4.72.